The fourth-order valence-electron chi connectivity index (χ4n) is 9.97. The molecule has 0 saturated carbocycles. The lowest BCUT2D eigenvalue weighted by atomic mass is 9.72. The highest BCUT2D eigenvalue weighted by Crippen LogP contribution is 2.56. The first-order valence-corrected chi connectivity index (χ1v) is 18.6. The van der Waals surface area contributed by atoms with E-state index in [0.29, 0.717) is 5.92 Å². The van der Waals surface area contributed by atoms with Crippen LogP contribution in [0.1, 0.15) is 93.5 Å². The van der Waals surface area contributed by atoms with E-state index in [1.54, 1.807) is 5.57 Å². The van der Waals surface area contributed by atoms with Crippen LogP contribution >= 0.6 is 0 Å². The summed E-state index contributed by atoms with van der Waals surface area (Å²) in [4.78, 5) is 2.56. The fraction of sp³-hybridized carbons (Fsp3) is 0.250. The normalized spacial score (nSPS) is 20.9. The first-order valence-electron chi connectivity index (χ1n) is 18.6. The van der Waals surface area contributed by atoms with Crippen molar-refractivity contribution in [3.05, 3.63) is 165 Å². The van der Waals surface area contributed by atoms with E-state index in [-0.39, 0.29) is 10.8 Å². The van der Waals surface area contributed by atoms with E-state index in [9.17, 15) is 0 Å². The molecule has 1 unspecified atom stereocenters. The molecule has 10 rings (SSSR count). The van der Waals surface area contributed by atoms with Gasteiger partial charge in [-0.15, -0.1) is 0 Å². The highest BCUT2D eigenvalue weighted by molar-refractivity contribution is 5.88. The molecule has 2 heteroatoms. The minimum absolute atomic E-state index is 0.0182. The molecular weight excluding hydrogens is 605 g/mol. The Morgan fingerprint density at radius 1 is 0.660 bits per heavy atom. The lowest BCUT2D eigenvalue weighted by Gasteiger charge is -2.43. The van der Waals surface area contributed by atoms with E-state index in [0.717, 1.165) is 32.1 Å². The average molecular weight is 649 g/mol. The molecule has 0 fully saturated rings. The van der Waals surface area contributed by atoms with Crippen molar-refractivity contribution in [1.29, 1.82) is 0 Å². The summed E-state index contributed by atoms with van der Waals surface area (Å²) in [5, 5.41) is 4.15. The highest BCUT2D eigenvalue weighted by Gasteiger charge is 2.44. The molecule has 4 aromatic carbocycles. The van der Waals surface area contributed by atoms with E-state index in [1.807, 2.05) is 0 Å². The van der Waals surface area contributed by atoms with Crippen molar-refractivity contribution in [2.75, 3.05) is 4.90 Å². The third-order valence-electron chi connectivity index (χ3n) is 12.6. The van der Waals surface area contributed by atoms with Crippen molar-refractivity contribution >= 4 is 45.7 Å². The quantitative estimate of drug-likeness (QED) is 0.189. The SMILES string of the molecule is CC1(C)C2=CC(N3c4ccccc4C(C)(C)c4cc(C5=CC=C(n6c7c(c8ccccc86)=CCCC=7)CC5)ccc43)=CCC2c2ccccc21. The van der Waals surface area contributed by atoms with Crippen molar-refractivity contribution in [2.45, 2.75) is 76.5 Å². The van der Waals surface area contributed by atoms with Gasteiger partial charge in [-0.2, -0.15) is 0 Å². The average Bonchev–Trinajstić information content (AvgIpc) is 3.60. The van der Waals surface area contributed by atoms with Crippen molar-refractivity contribution in [1.82, 2.24) is 4.57 Å². The summed E-state index contributed by atoms with van der Waals surface area (Å²) in [7, 11) is 0. The van der Waals surface area contributed by atoms with Crippen LogP contribution in [0.2, 0.25) is 0 Å². The predicted molar refractivity (Wildman–Crippen MR) is 211 cm³/mol. The number of fused-ring (bicyclic) bond motifs is 8. The smallest absolute Gasteiger partial charge is 0.0537 e. The van der Waals surface area contributed by atoms with Gasteiger partial charge >= 0.3 is 0 Å². The molecule has 0 bridgehead atoms. The molecule has 0 N–H and O–H groups in total. The van der Waals surface area contributed by atoms with Gasteiger partial charge in [-0.05, 0) is 102 Å². The summed E-state index contributed by atoms with van der Waals surface area (Å²) in [6.45, 7) is 9.65. The molecule has 4 aliphatic carbocycles. The molecule has 1 aromatic heterocycles. The number of hydrogen-bond donors (Lipinski definition) is 0. The lowest BCUT2D eigenvalue weighted by Crippen LogP contribution is -2.33. The molecule has 50 heavy (non-hydrogen) atoms. The number of anilines is 2. The summed E-state index contributed by atoms with van der Waals surface area (Å²) in [5.41, 5.74) is 16.6. The van der Waals surface area contributed by atoms with Crippen molar-refractivity contribution in [3.63, 3.8) is 0 Å². The zero-order chi connectivity index (χ0) is 33.8. The van der Waals surface area contributed by atoms with Gasteiger partial charge in [0, 0.05) is 44.1 Å². The summed E-state index contributed by atoms with van der Waals surface area (Å²) in [6, 6.07) is 34.4. The maximum atomic E-state index is 2.56. The molecule has 0 amide bonds. The number of aromatic nitrogens is 1. The van der Waals surface area contributed by atoms with Crippen LogP contribution in [0.25, 0.3) is 34.3 Å². The second-order valence-electron chi connectivity index (χ2n) is 15.9. The molecule has 246 valence electrons. The molecule has 0 saturated heterocycles. The van der Waals surface area contributed by atoms with Gasteiger partial charge in [-0.1, -0.05) is 124 Å². The van der Waals surface area contributed by atoms with Crippen molar-refractivity contribution in [3.8, 4) is 0 Å². The second kappa shape index (κ2) is 10.7. The molecule has 2 heterocycles. The van der Waals surface area contributed by atoms with E-state index < -0.39 is 0 Å². The number of benzene rings is 4. The molecule has 1 atom stereocenters. The van der Waals surface area contributed by atoms with Crippen LogP contribution in [0.4, 0.5) is 11.4 Å². The standard InChI is InChI=1S/C48H44N2/c1-47(2)39-16-8-5-13-35(39)36-27-26-34(30-41(36)47)50-45-20-12-9-17-40(45)48(3,4)42-29-32(23-28-46(42)50)31-21-24-33(25-22-31)49-43-18-10-6-14-37(43)38-15-7-11-19-44(38)49/h5-6,8-10,12-21,23-24,26,28-30,36H,7,11,22,25,27H2,1-4H3. The lowest BCUT2D eigenvalue weighted by molar-refractivity contribution is 0.607. The summed E-state index contributed by atoms with van der Waals surface area (Å²) >= 11 is 0. The summed E-state index contributed by atoms with van der Waals surface area (Å²) in [5.74, 6) is 0.463. The Morgan fingerprint density at radius 3 is 2.28 bits per heavy atom. The minimum Gasteiger partial charge on any atom is -0.313 e. The number of allylic oxidation sites excluding steroid dienone is 7. The van der Waals surface area contributed by atoms with E-state index in [4.69, 9.17) is 0 Å². The monoisotopic (exact) mass is 648 g/mol. The largest absolute Gasteiger partial charge is 0.313 e. The second-order valence-corrected chi connectivity index (χ2v) is 15.9. The van der Waals surface area contributed by atoms with Gasteiger partial charge in [0.15, 0.2) is 0 Å². The van der Waals surface area contributed by atoms with Gasteiger partial charge in [-0.3, -0.25) is 0 Å². The van der Waals surface area contributed by atoms with Gasteiger partial charge < -0.3 is 9.47 Å². The Balaban J connectivity index is 1.06. The van der Waals surface area contributed by atoms with Crippen molar-refractivity contribution < 1.29 is 0 Å². The number of para-hydroxylation sites is 2. The first kappa shape index (κ1) is 29.8. The minimum atomic E-state index is -0.127. The number of rotatable bonds is 3. The van der Waals surface area contributed by atoms with Crippen LogP contribution in [0.5, 0.6) is 0 Å². The van der Waals surface area contributed by atoms with Crippen LogP contribution in [0, 0.1) is 0 Å². The van der Waals surface area contributed by atoms with Crippen LogP contribution in [-0.2, 0) is 10.8 Å². The molecule has 1 aliphatic heterocycles. The van der Waals surface area contributed by atoms with Gasteiger partial charge in [0.25, 0.3) is 0 Å². The molecule has 0 spiro atoms. The van der Waals surface area contributed by atoms with E-state index in [1.165, 1.54) is 77.6 Å². The van der Waals surface area contributed by atoms with Crippen LogP contribution in [-0.4, -0.2) is 4.57 Å². The molecule has 5 aliphatic rings. The Bertz CT molecular complexity index is 2520. The Labute approximate surface area is 295 Å². The van der Waals surface area contributed by atoms with Crippen LogP contribution < -0.4 is 15.5 Å². The zero-order valence-electron chi connectivity index (χ0n) is 29.6. The third kappa shape index (κ3) is 4.14. The summed E-state index contributed by atoms with van der Waals surface area (Å²) in [6.07, 6.45) is 20.0. The first-order chi connectivity index (χ1) is 24.3. The molecular formula is C48H44N2. The van der Waals surface area contributed by atoms with Crippen LogP contribution in [0.3, 0.4) is 0 Å². The maximum Gasteiger partial charge on any atom is 0.0537 e. The van der Waals surface area contributed by atoms with Gasteiger partial charge in [0.05, 0.1) is 16.9 Å². The predicted octanol–water partition coefficient (Wildman–Crippen LogP) is 10.8. The van der Waals surface area contributed by atoms with Crippen molar-refractivity contribution in [2.24, 2.45) is 0 Å². The molecule has 5 aromatic rings. The van der Waals surface area contributed by atoms with E-state index >= 15 is 0 Å². The Kier molecular flexibility index (Phi) is 6.38. The number of nitrogens with zero attached hydrogens (tertiary/aromatic N) is 2. The van der Waals surface area contributed by atoms with Crippen LogP contribution in [0.15, 0.2) is 127 Å². The fourth-order valence-corrected chi connectivity index (χ4v) is 9.97. The Morgan fingerprint density at radius 2 is 1.42 bits per heavy atom. The van der Waals surface area contributed by atoms with Gasteiger partial charge in [-0.25, -0.2) is 0 Å². The summed E-state index contributed by atoms with van der Waals surface area (Å²) < 4.78 is 2.53. The Hall–Kier alpha value is -5.08. The molecule has 2 nitrogen and oxygen atoms in total. The highest BCUT2D eigenvalue weighted by atomic mass is 15.2. The molecule has 0 radical (unpaired) electrons. The topological polar surface area (TPSA) is 8.17 Å². The zero-order valence-corrected chi connectivity index (χ0v) is 29.6. The third-order valence-corrected chi connectivity index (χ3v) is 12.6. The van der Waals surface area contributed by atoms with Gasteiger partial charge in [0.2, 0.25) is 0 Å². The maximum absolute atomic E-state index is 2.56. The van der Waals surface area contributed by atoms with E-state index in [2.05, 4.69) is 165 Å². The number of hydrogen-bond acceptors (Lipinski definition) is 1. The van der Waals surface area contributed by atoms with Gasteiger partial charge in [0.1, 0.15) is 0 Å².